The second kappa shape index (κ2) is 8.81. The summed E-state index contributed by atoms with van der Waals surface area (Å²) in [7, 11) is 2.04. The highest BCUT2D eigenvalue weighted by atomic mass is 19.1. The molecule has 6 nitrogen and oxygen atoms in total. The second-order valence-corrected chi connectivity index (χ2v) is 9.13. The third kappa shape index (κ3) is 4.50. The maximum Gasteiger partial charge on any atom is 0.254 e. The molecule has 2 aliphatic heterocycles. The van der Waals surface area contributed by atoms with E-state index in [9.17, 15) is 9.18 Å². The summed E-state index contributed by atoms with van der Waals surface area (Å²) in [5.41, 5.74) is 2.40. The first-order valence-corrected chi connectivity index (χ1v) is 11.3. The lowest BCUT2D eigenvalue weighted by Gasteiger charge is -2.35. The summed E-state index contributed by atoms with van der Waals surface area (Å²) in [6.45, 7) is 9.54. The van der Waals surface area contributed by atoms with E-state index in [0.717, 1.165) is 54.9 Å². The summed E-state index contributed by atoms with van der Waals surface area (Å²) < 4.78 is 13.6. The van der Waals surface area contributed by atoms with Crippen molar-refractivity contribution in [1.29, 1.82) is 0 Å². The molecule has 0 aliphatic carbocycles. The van der Waals surface area contributed by atoms with Crippen molar-refractivity contribution in [2.24, 2.45) is 5.92 Å². The Balaban J connectivity index is 1.66. The number of rotatable bonds is 4. The molecule has 4 rings (SSSR count). The van der Waals surface area contributed by atoms with Gasteiger partial charge in [-0.3, -0.25) is 4.79 Å². The van der Waals surface area contributed by atoms with Crippen molar-refractivity contribution in [3.05, 3.63) is 46.9 Å². The van der Waals surface area contributed by atoms with Gasteiger partial charge in [-0.25, -0.2) is 9.37 Å². The Labute approximate surface area is 184 Å². The van der Waals surface area contributed by atoms with Crippen molar-refractivity contribution in [3.8, 4) is 0 Å². The van der Waals surface area contributed by atoms with E-state index in [1.54, 1.807) is 17.0 Å². The van der Waals surface area contributed by atoms with Crippen LogP contribution in [0.2, 0.25) is 0 Å². The van der Waals surface area contributed by atoms with E-state index < -0.39 is 5.82 Å². The van der Waals surface area contributed by atoms with Crippen molar-refractivity contribution in [2.75, 3.05) is 36.5 Å². The summed E-state index contributed by atoms with van der Waals surface area (Å²) in [6.07, 6.45) is 2.99. The minimum Gasteiger partial charge on any atom is -0.357 e. The van der Waals surface area contributed by atoms with E-state index in [1.165, 1.54) is 12.1 Å². The number of carbonyl (C=O) groups is 1. The number of carbonyl (C=O) groups excluding carboxylic acids is 1. The Kier molecular flexibility index (Phi) is 6.12. The summed E-state index contributed by atoms with van der Waals surface area (Å²) in [5, 5.41) is 0. The highest BCUT2D eigenvalue weighted by molar-refractivity contribution is 5.94. The van der Waals surface area contributed by atoms with Crippen LogP contribution in [-0.2, 0) is 13.0 Å². The number of hydrogen-bond acceptors (Lipinski definition) is 5. The highest BCUT2D eigenvalue weighted by Crippen LogP contribution is 2.31. The molecular weight excluding hydrogens is 393 g/mol. The van der Waals surface area contributed by atoms with Gasteiger partial charge >= 0.3 is 0 Å². The van der Waals surface area contributed by atoms with Crippen LogP contribution >= 0.6 is 0 Å². The third-order valence-corrected chi connectivity index (χ3v) is 6.56. The normalized spacial score (nSPS) is 17.1. The SMILES string of the molecule is CC1CCN(c2nc3c(c(N(C)C(C)C)n2)CN(C(=O)c2cccc(F)c2)CC3)CC1. The van der Waals surface area contributed by atoms with Crippen LogP contribution in [0.25, 0.3) is 0 Å². The topological polar surface area (TPSA) is 52.6 Å². The molecule has 2 aromatic rings. The van der Waals surface area contributed by atoms with Crippen LogP contribution in [0, 0.1) is 11.7 Å². The Morgan fingerprint density at radius 3 is 2.61 bits per heavy atom. The molecule has 0 spiro atoms. The zero-order chi connectivity index (χ0) is 22.1. The number of amides is 1. The molecule has 0 N–H and O–H groups in total. The number of hydrogen-bond donors (Lipinski definition) is 0. The van der Waals surface area contributed by atoms with Crippen LogP contribution in [0.15, 0.2) is 24.3 Å². The van der Waals surface area contributed by atoms with Gasteiger partial charge in [-0.15, -0.1) is 0 Å². The molecule has 0 radical (unpaired) electrons. The van der Waals surface area contributed by atoms with Crippen LogP contribution in [0.3, 0.4) is 0 Å². The number of nitrogens with zero attached hydrogens (tertiary/aromatic N) is 5. The second-order valence-electron chi connectivity index (χ2n) is 9.13. The van der Waals surface area contributed by atoms with E-state index in [0.29, 0.717) is 25.1 Å². The molecule has 0 bridgehead atoms. The number of anilines is 2. The van der Waals surface area contributed by atoms with E-state index in [1.807, 2.05) is 7.05 Å². The predicted molar refractivity (Wildman–Crippen MR) is 121 cm³/mol. The number of fused-ring (bicyclic) bond motifs is 1. The average Bonchev–Trinajstić information content (AvgIpc) is 2.77. The van der Waals surface area contributed by atoms with Crippen molar-refractivity contribution in [3.63, 3.8) is 0 Å². The van der Waals surface area contributed by atoms with Gasteiger partial charge in [-0.05, 0) is 50.8 Å². The van der Waals surface area contributed by atoms with E-state index in [4.69, 9.17) is 9.97 Å². The molecule has 1 aromatic heterocycles. The molecule has 0 saturated carbocycles. The van der Waals surface area contributed by atoms with Crippen molar-refractivity contribution < 1.29 is 9.18 Å². The van der Waals surface area contributed by atoms with Crippen molar-refractivity contribution >= 4 is 17.7 Å². The fraction of sp³-hybridized carbons (Fsp3) is 0.542. The predicted octanol–water partition coefficient (Wildman–Crippen LogP) is 3.90. The standard InChI is InChI=1S/C24H32FN5O/c1-16(2)28(4)22-20-15-30(23(31)18-6-5-7-19(25)14-18)13-10-21(20)26-24(27-22)29-11-8-17(3)9-12-29/h5-7,14,16-17H,8-13,15H2,1-4H3. The van der Waals surface area contributed by atoms with Gasteiger partial charge < -0.3 is 14.7 Å². The Hall–Kier alpha value is -2.70. The molecule has 1 saturated heterocycles. The smallest absolute Gasteiger partial charge is 0.254 e. The maximum absolute atomic E-state index is 13.6. The van der Waals surface area contributed by atoms with Gasteiger partial charge in [0, 0.05) is 50.3 Å². The van der Waals surface area contributed by atoms with Gasteiger partial charge in [0.05, 0.1) is 12.2 Å². The molecule has 31 heavy (non-hydrogen) atoms. The fourth-order valence-corrected chi connectivity index (χ4v) is 4.25. The number of halogens is 1. The lowest BCUT2D eigenvalue weighted by molar-refractivity contribution is 0.0733. The van der Waals surface area contributed by atoms with Gasteiger partial charge in [0.25, 0.3) is 5.91 Å². The first-order valence-electron chi connectivity index (χ1n) is 11.3. The molecule has 7 heteroatoms. The summed E-state index contributed by atoms with van der Waals surface area (Å²) in [6, 6.07) is 6.17. The summed E-state index contributed by atoms with van der Waals surface area (Å²) in [4.78, 5) is 29.2. The quantitative estimate of drug-likeness (QED) is 0.744. The van der Waals surface area contributed by atoms with Crippen LogP contribution in [-0.4, -0.2) is 53.5 Å². The molecule has 1 amide bonds. The summed E-state index contributed by atoms with van der Waals surface area (Å²) >= 11 is 0. The zero-order valence-electron chi connectivity index (χ0n) is 18.9. The minimum absolute atomic E-state index is 0.155. The van der Waals surface area contributed by atoms with Crippen LogP contribution < -0.4 is 9.80 Å². The van der Waals surface area contributed by atoms with Gasteiger partial charge in [-0.2, -0.15) is 4.98 Å². The zero-order valence-corrected chi connectivity index (χ0v) is 18.9. The Morgan fingerprint density at radius 1 is 1.19 bits per heavy atom. The minimum atomic E-state index is -0.396. The van der Waals surface area contributed by atoms with E-state index in [2.05, 4.69) is 30.6 Å². The van der Waals surface area contributed by atoms with Gasteiger partial charge in [-0.1, -0.05) is 13.0 Å². The lowest BCUT2D eigenvalue weighted by Crippen LogP contribution is -2.40. The third-order valence-electron chi connectivity index (χ3n) is 6.56. The molecule has 2 aliphatic rings. The molecule has 1 aromatic carbocycles. The van der Waals surface area contributed by atoms with Crippen LogP contribution in [0.1, 0.15) is 55.2 Å². The number of aromatic nitrogens is 2. The molecule has 166 valence electrons. The van der Waals surface area contributed by atoms with Crippen LogP contribution in [0.4, 0.5) is 16.2 Å². The van der Waals surface area contributed by atoms with E-state index >= 15 is 0 Å². The first kappa shape index (κ1) is 21.5. The summed E-state index contributed by atoms with van der Waals surface area (Å²) in [5.74, 6) is 1.89. The monoisotopic (exact) mass is 425 g/mol. The Morgan fingerprint density at radius 2 is 1.94 bits per heavy atom. The average molecular weight is 426 g/mol. The fourth-order valence-electron chi connectivity index (χ4n) is 4.25. The highest BCUT2D eigenvalue weighted by Gasteiger charge is 2.29. The molecule has 1 fully saturated rings. The molecule has 3 heterocycles. The van der Waals surface area contributed by atoms with Gasteiger partial charge in [0.2, 0.25) is 5.95 Å². The van der Waals surface area contributed by atoms with Crippen molar-refractivity contribution in [2.45, 2.75) is 52.6 Å². The number of piperidine rings is 1. The van der Waals surface area contributed by atoms with E-state index in [-0.39, 0.29) is 11.9 Å². The van der Waals surface area contributed by atoms with Crippen molar-refractivity contribution in [1.82, 2.24) is 14.9 Å². The molecule has 0 atom stereocenters. The first-order chi connectivity index (χ1) is 14.8. The van der Waals surface area contributed by atoms with Gasteiger partial charge in [0.15, 0.2) is 0 Å². The largest absolute Gasteiger partial charge is 0.357 e. The molecular formula is C24H32FN5O. The van der Waals surface area contributed by atoms with Gasteiger partial charge in [0.1, 0.15) is 11.6 Å². The maximum atomic E-state index is 13.6. The number of benzene rings is 1. The molecule has 0 unspecified atom stereocenters. The van der Waals surface area contributed by atoms with Crippen LogP contribution in [0.5, 0.6) is 0 Å². The Bertz CT molecular complexity index is 955. The lowest BCUT2D eigenvalue weighted by atomic mass is 9.99.